The van der Waals surface area contributed by atoms with Crippen LogP contribution in [0, 0.1) is 0 Å². The Morgan fingerprint density at radius 2 is 0.691 bits per heavy atom. The van der Waals surface area contributed by atoms with E-state index in [0.717, 1.165) is 38.5 Å². The summed E-state index contributed by atoms with van der Waals surface area (Å²) in [5.74, 6) is -0.0178. The Morgan fingerprint density at radius 3 is 1.04 bits per heavy atom. The van der Waals surface area contributed by atoms with Crippen LogP contribution >= 0.6 is 0 Å². The molecule has 2 unspecified atom stereocenters. The van der Waals surface area contributed by atoms with Gasteiger partial charge >= 0.3 is 5.97 Å². The standard InChI is InChI=1S/C62H121NO5/c1-3-5-7-9-11-13-15-35-38-42-46-50-54-60(65)59(58-64)63-61(66)55-51-47-43-39-36-32-30-28-26-24-22-20-18-16-17-19-21-23-25-27-29-31-33-37-41-45-49-53-57-68-62(67)56-52-48-44-40-34-14-12-10-8-6-4-2/h16-17,59-60,64-65H,3-15,18-58H2,1-2H3,(H,63,66)/b17-16-. The van der Waals surface area contributed by atoms with Crippen LogP contribution in [-0.2, 0) is 14.3 Å². The van der Waals surface area contributed by atoms with Crippen molar-refractivity contribution in [3.05, 3.63) is 12.2 Å². The highest BCUT2D eigenvalue weighted by molar-refractivity contribution is 5.76. The molecule has 0 heterocycles. The molecule has 0 aromatic rings. The zero-order valence-electron chi connectivity index (χ0n) is 46.1. The van der Waals surface area contributed by atoms with E-state index in [-0.39, 0.29) is 18.5 Å². The van der Waals surface area contributed by atoms with Gasteiger partial charge in [0, 0.05) is 12.8 Å². The molecule has 0 rings (SSSR count). The van der Waals surface area contributed by atoms with E-state index in [9.17, 15) is 19.8 Å². The average molecular weight is 961 g/mol. The predicted octanol–water partition coefficient (Wildman–Crippen LogP) is 19.2. The molecule has 0 saturated carbocycles. The SMILES string of the molecule is CCCCCCCCCCCCCCC(O)C(CO)NC(=O)CCCCCCCCCCCCCC/C=C\CCCCCCCCCCCCCCOC(=O)CCCCCCCCCCCCC. The number of allylic oxidation sites excluding steroid dienone is 2. The minimum absolute atomic E-state index is 0.0159. The Hall–Kier alpha value is -1.40. The monoisotopic (exact) mass is 960 g/mol. The van der Waals surface area contributed by atoms with Gasteiger partial charge in [0.15, 0.2) is 0 Å². The zero-order valence-corrected chi connectivity index (χ0v) is 46.1. The van der Waals surface area contributed by atoms with Crippen molar-refractivity contribution in [2.24, 2.45) is 0 Å². The first-order valence-electron chi connectivity index (χ1n) is 30.9. The lowest BCUT2D eigenvalue weighted by Crippen LogP contribution is -2.45. The summed E-state index contributed by atoms with van der Waals surface area (Å²) in [6, 6.07) is -0.539. The topological polar surface area (TPSA) is 95.9 Å². The van der Waals surface area contributed by atoms with Crippen LogP contribution < -0.4 is 5.32 Å². The lowest BCUT2D eigenvalue weighted by molar-refractivity contribution is -0.143. The highest BCUT2D eigenvalue weighted by Crippen LogP contribution is 2.18. The fourth-order valence-corrected chi connectivity index (χ4v) is 9.81. The van der Waals surface area contributed by atoms with Gasteiger partial charge in [-0.15, -0.1) is 0 Å². The van der Waals surface area contributed by atoms with Crippen molar-refractivity contribution in [3.63, 3.8) is 0 Å². The van der Waals surface area contributed by atoms with Crippen LogP contribution in [-0.4, -0.2) is 47.4 Å². The van der Waals surface area contributed by atoms with Crippen molar-refractivity contribution >= 4 is 11.9 Å². The molecular formula is C62H121NO5. The van der Waals surface area contributed by atoms with Gasteiger partial charge in [-0.3, -0.25) is 9.59 Å². The Balaban J connectivity index is 3.36. The molecule has 6 nitrogen and oxygen atoms in total. The van der Waals surface area contributed by atoms with Gasteiger partial charge in [0.1, 0.15) is 0 Å². The van der Waals surface area contributed by atoms with E-state index in [1.54, 1.807) is 0 Å². The molecule has 68 heavy (non-hydrogen) atoms. The molecule has 1 amide bonds. The highest BCUT2D eigenvalue weighted by Gasteiger charge is 2.20. The fraction of sp³-hybridized carbons (Fsp3) is 0.935. The maximum atomic E-state index is 12.5. The second-order valence-electron chi connectivity index (χ2n) is 21.4. The number of ether oxygens (including phenoxy) is 1. The molecule has 404 valence electrons. The number of carbonyl (C=O) groups excluding carboxylic acids is 2. The molecule has 0 aliphatic rings. The van der Waals surface area contributed by atoms with E-state index in [2.05, 4.69) is 31.3 Å². The Kier molecular flexibility index (Phi) is 57.0. The first-order chi connectivity index (χ1) is 33.5. The van der Waals surface area contributed by atoms with Gasteiger partial charge in [0.2, 0.25) is 5.91 Å². The second kappa shape index (κ2) is 58.2. The molecule has 0 aliphatic heterocycles. The summed E-state index contributed by atoms with van der Waals surface area (Å²) in [5, 5.41) is 23.2. The fourth-order valence-electron chi connectivity index (χ4n) is 9.81. The molecule has 0 radical (unpaired) electrons. The van der Waals surface area contributed by atoms with E-state index >= 15 is 0 Å². The van der Waals surface area contributed by atoms with Crippen LogP contribution in [0.2, 0.25) is 0 Å². The number of nitrogens with one attached hydrogen (secondary N) is 1. The molecule has 0 aliphatic carbocycles. The number of rotatable bonds is 58. The second-order valence-corrected chi connectivity index (χ2v) is 21.4. The molecule has 6 heteroatoms. The minimum Gasteiger partial charge on any atom is -0.466 e. The Bertz CT molecular complexity index is 1020. The summed E-state index contributed by atoms with van der Waals surface area (Å²) >= 11 is 0. The van der Waals surface area contributed by atoms with Crippen LogP contribution in [0.1, 0.15) is 348 Å². The number of aliphatic hydroxyl groups is 2. The van der Waals surface area contributed by atoms with Crippen molar-refractivity contribution in [2.75, 3.05) is 13.2 Å². The van der Waals surface area contributed by atoms with E-state index in [1.807, 2.05) is 0 Å². The molecule has 0 saturated heterocycles. The van der Waals surface area contributed by atoms with Gasteiger partial charge in [0.25, 0.3) is 0 Å². The average Bonchev–Trinajstić information content (AvgIpc) is 3.34. The Labute approximate surface area is 425 Å². The highest BCUT2D eigenvalue weighted by atomic mass is 16.5. The van der Waals surface area contributed by atoms with Crippen LogP contribution in [0.5, 0.6) is 0 Å². The molecule has 0 bridgehead atoms. The summed E-state index contributed by atoms with van der Waals surface area (Å²) in [5.41, 5.74) is 0. The largest absolute Gasteiger partial charge is 0.466 e. The summed E-state index contributed by atoms with van der Waals surface area (Å²) in [7, 11) is 0. The van der Waals surface area contributed by atoms with Crippen LogP contribution in [0.4, 0.5) is 0 Å². The molecule has 3 N–H and O–H groups in total. The summed E-state index contributed by atoms with van der Waals surface area (Å²) in [4.78, 5) is 24.4. The normalized spacial score (nSPS) is 12.6. The maximum Gasteiger partial charge on any atom is 0.305 e. The zero-order chi connectivity index (χ0) is 49.3. The molecule has 0 aromatic heterocycles. The lowest BCUT2D eigenvalue weighted by Gasteiger charge is -2.22. The maximum absolute atomic E-state index is 12.5. The molecule has 2 atom stereocenters. The lowest BCUT2D eigenvalue weighted by atomic mass is 10.0. The van der Waals surface area contributed by atoms with Crippen LogP contribution in [0.15, 0.2) is 12.2 Å². The van der Waals surface area contributed by atoms with Gasteiger partial charge in [0.05, 0.1) is 25.4 Å². The smallest absolute Gasteiger partial charge is 0.305 e. The van der Waals surface area contributed by atoms with E-state index in [4.69, 9.17) is 4.74 Å². The van der Waals surface area contributed by atoms with Gasteiger partial charge in [-0.2, -0.15) is 0 Å². The van der Waals surface area contributed by atoms with Crippen molar-refractivity contribution in [3.8, 4) is 0 Å². The number of unbranched alkanes of at least 4 members (excludes halogenated alkanes) is 45. The van der Waals surface area contributed by atoms with Gasteiger partial charge < -0.3 is 20.3 Å². The van der Waals surface area contributed by atoms with Crippen molar-refractivity contribution in [1.82, 2.24) is 5.32 Å². The quantitative estimate of drug-likeness (QED) is 0.0321. The van der Waals surface area contributed by atoms with E-state index < -0.39 is 12.1 Å². The number of aliphatic hydroxyl groups excluding tert-OH is 2. The van der Waals surface area contributed by atoms with Crippen LogP contribution in [0.25, 0.3) is 0 Å². The van der Waals surface area contributed by atoms with Gasteiger partial charge in [-0.25, -0.2) is 0 Å². The summed E-state index contributed by atoms with van der Waals surface area (Å²) < 4.78 is 5.47. The van der Waals surface area contributed by atoms with Crippen LogP contribution in [0.3, 0.4) is 0 Å². The predicted molar refractivity (Wildman–Crippen MR) is 297 cm³/mol. The number of hydrogen-bond donors (Lipinski definition) is 3. The van der Waals surface area contributed by atoms with Crippen molar-refractivity contribution in [2.45, 2.75) is 360 Å². The number of esters is 1. The third kappa shape index (κ3) is 53.9. The molecule has 0 fully saturated rings. The summed E-state index contributed by atoms with van der Waals surface area (Å²) in [6.07, 6.45) is 69.5. The molecular weight excluding hydrogens is 839 g/mol. The molecule has 0 aromatic carbocycles. The van der Waals surface area contributed by atoms with E-state index in [0.29, 0.717) is 25.9 Å². The van der Waals surface area contributed by atoms with Crippen molar-refractivity contribution in [1.29, 1.82) is 0 Å². The van der Waals surface area contributed by atoms with Crippen molar-refractivity contribution < 1.29 is 24.5 Å². The number of carbonyl (C=O) groups is 2. The number of hydrogen-bond acceptors (Lipinski definition) is 5. The summed E-state index contributed by atoms with van der Waals surface area (Å²) in [6.45, 7) is 4.96. The third-order valence-electron chi connectivity index (χ3n) is 14.6. The first kappa shape index (κ1) is 66.6. The third-order valence-corrected chi connectivity index (χ3v) is 14.6. The minimum atomic E-state index is -0.662. The molecule has 0 spiro atoms. The van der Waals surface area contributed by atoms with E-state index in [1.165, 1.54) is 276 Å². The Morgan fingerprint density at radius 1 is 0.397 bits per heavy atom. The van der Waals surface area contributed by atoms with Gasteiger partial charge in [-0.1, -0.05) is 296 Å². The van der Waals surface area contributed by atoms with Gasteiger partial charge in [-0.05, 0) is 51.4 Å². The first-order valence-corrected chi connectivity index (χ1v) is 30.9. The number of amides is 1.